The van der Waals surface area contributed by atoms with Crippen molar-refractivity contribution in [3.05, 3.63) is 42.2 Å². The molecule has 0 atom stereocenters. The number of anilines is 2. The molecule has 1 aromatic carbocycles. The normalized spacial score (nSPS) is 14.9. The van der Waals surface area contributed by atoms with Gasteiger partial charge in [-0.05, 0) is 29.8 Å². The zero-order valence-corrected chi connectivity index (χ0v) is 13.0. The topological polar surface area (TPSA) is 71.9 Å². The lowest BCUT2D eigenvalue weighted by molar-refractivity contribution is 0.122. The first kappa shape index (κ1) is 15.2. The van der Waals surface area contributed by atoms with Gasteiger partial charge in [0.1, 0.15) is 17.9 Å². The van der Waals surface area contributed by atoms with E-state index < -0.39 is 0 Å². The van der Waals surface area contributed by atoms with Crippen LogP contribution >= 0.6 is 0 Å². The molecule has 0 radical (unpaired) electrons. The highest BCUT2D eigenvalue weighted by molar-refractivity contribution is 5.80. The molecule has 7 nitrogen and oxygen atoms in total. The monoisotopic (exact) mass is 313 g/mol. The number of methoxy groups -OCH3 is 1. The van der Waals surface area contributed by atoms with Crippen LogP contribution in [-0.4, -0.2) is 49.6 Å². The molecule has 0 spiro atoms. The van der Waals surface area contributed by atoms with Gasteiger partial charge in [-0.15, -0.1) is 0 Å². The number of hydrazone groups is 1. The Labute approximate surface area is 135 Å². The molecule has 2 aromatic rings. The maximum absolute atomic E-state index is 5.35. The van der Waals surface area contributed by atoms with E-state index in [1.165, 1.54) is 6.33 Å². The molecule has 1 aliphatic rings. The molecule has 0 amide bonds. The van der Waals surface area contributed by atoms with Crippen LogP contribution in [0.5, 0.6) is 5.75 Å². The van der Waals surface area contributed by atoms with Crippen LogP contribution in [0.25, 0.3) is 0 Å². The van der Waals surface area contributed by atoms with E-state index in [2.05, 4.69) is 25.4 Å². The first-order valence-electron chi connectivity index (χ1n) is 7.43. The van der Waals surface area contributed by atoms with Crippen LogP contribution in [0, 0.1) is 0 Å². The lowest BCUT2D eigenvalue weighted by Crippen LogP contribution is -2.36. The molecular weight excluding hydrogens is 294 g/mol. The molecule has 7 heteroatoms. The molecule has 1 saturated heterocycles. The maximum atomic E-state index is 5.35. The Hall–Kier alpha value is -2.67. The highest BCUT2D eigenvalue weighted by atomic mass is 16.5. The van der Waals surface area contributed by atoms with Crippen LogP contribution in [-0.2, 0) is 4.74 Å². The van der Waals surface area contributed by atoms with Crippen molar-refractivity contribution < 1.29 is 9.47 Å². The van der Waals surface area contributed by atoms with Crippen molar-refractivity contribution in [2.45, 2.75) is 0 Å². The van der Waals surface area contributed by atoms with E-state index in [0.717, 1.165) is 43.4 Å². The Morgan fingerprint density at radius 2 is 2.00 bits per heavy atom. The third-order valence-electron chi connectivity index (χ3n) is 3.50. The third kappa shape index (κ3) is 4.17. The number of nitrogens with one attached hydrogen (secondary N) is 1. The van der Waals surface area contributed by atoms with Gasteiger partial charge in [0.15, 0.2) is 5.82 Å². The molecule has 0 bridgehead atoms. The highest BCUT2D eigenvalue weighted by Gasteiger charge is 2.12. The lowest BCUT2D eigenvalue weighted by Gasteiger charge is -2.27. The van der Waals surface area contributed by atoms with Crippen LogP contribution in [0.15, 0.2) is 41.8 Å². The van der Waals surface area contributed by atoms with Crippen LogP contribution in [0.3, 0.4) is 0 Å². The minimum Gasteiger partial charge on any atom is -0.497 e. The van der Waals surface area contributed by atoms with Crippen molar-refractivity contribution in [3.63, 3.8) is 0 Å². The highest BCUT2D eigenvalue weighted by Crippen LogP contribution is 2.15. The summed E-state index contributed by atoms with van der Waals surface area (Å²) in [6, 6.07) is 9.54. The molecule has 1 aliphatic heterocycles. The van der Waals surface area contributed by atoms with Crippen LogP contribution in [0.2, 0.25) is 0 Å². The largest absolute Gasteiger partial charge is 0.497 e. The number of morpholine rings is 1. The van der Waals surface area contributed by atoms with E-state index in [1.807, 2.05) is 30.3 Å². The molecule has 0 aliphatic carbocycles. The van der Waals surface area contributed by atoms with E-state index in [1.54, 1.807) is 13.3 Å². The number of hydrogen-bond acceptors (Lipinski definition) is 7. The fourth-order valence-corrected chi connectivity index (χ4v) is 2.24. The van der Waals surface area contributed by atoms with Gasteiger partial charge in [0, 0.05) is 19.2 Å². The second-order valence-corrected chi connectivity index (χ2v) is 5.00. The van der Waals surface area contributed by atoms with Crippen molar-refractivity contribution in [1.29, 1.82) is 0 Å². The van der Waals surface area contributed by atoms with Crippen molar-refractivity contribution in [2.24, 2.45) is 5.10 Å². The summed E-state index contributed by atoms with van der Waals surface area (Å²) in [6.07, 6.45) is 3.27. The predicted molar refractivity (Wildman–Crippen MR) is 89.3 cm³/mol. The number of hydrogen-bond donors (Lipinski definition) is 1. The second kappa shape index (κ2) is 7.55. The number of rotatable bonds is 5. The summed E-state index contributed by atoms with van der Waals surface area (Å²) in [7, 11) is 1.64. The Morgan fingerprint density at radius 3 is 2.74 bits per heavy atom. The molecule has 23 heavy (non-hydrogen) atoms. The number of ether oxygens (including phenoxy) is 2. The standard InChI is InChI=1S/C16H19N5O2/c1-22-14-4-2-13(3-5-14)11-19-20-15-10-16(18-12-17-15)21-6-8-23-9-7-21/h2-5,10-12H,6-9H2,1H3,(H,17,18,20). The van der Waals surface area contributed by atoms with Crippen LogP contribution in [0.1, 0.15) is 5.56 Å². The van der Waals surface area contributed by atoms with Crippen LogP contribution in [0.4, 0.5) is 11.6 Å². The van der Waals surface area contributed by atoms with E-state index in [-0.39, 0.29) is 0 Å². The van der Waals surface area contributed by atoms with E-state index in [9.17, 15) is 0 Å². The molecule has 1 N–H and O–H groups in total. The quantitative estimate of drug-likeness (QED) is 0.670. The van der Waals surface area contributed by atoms with E-state index >= 15 is 0 Å². The molecule has 0 unspecified atom stereocenters. The Balaban J connectivity index is 1.62. The smallest absolute Gasteiger partial charge is 0.151 e. The van der Waals surface area contributed by atoms with Gasteiger partial charge < -0.3 is 14.4 Å². The summed E-state index contributed by atoms with van der Waals surface area (Å²) in [4.78, 5) is 10.7. The van der Waals surface area contributed by atoms with Gasteiger partial charge in [0.05, 0.1) is 26.5 Å². The average Bonchev–Trinajstić information content (AvgIpc) is 2.63. The Bertz CT molecular complexity index is 654. The summed E-state index contributed by atoms with van der Waals surface area (Å²) in [5.41, 5.74) is 3.90. The minimum atomic E-state index is 0.659. The van der Waals surface area contributed by atoms with Gasteiger partial charge in [-0.25, -0.2) is 9.97 Å². The Morgan fingerprint density at radius 1 is 1.22 bits per heavy atom. The van der Waals surface area contributed by atoms with Crippen molar-refractivity contribution in [1.82, 2.24) is 9.97 Å². The summed E-state index contributed by atoms with van der Waals surface area (Å²) in [6.45, 7) is 3.13. The molecule has 1 aromatic heterocycles. The minimum absolute atomic E-state index is 0.659. The molecule has 120 valence electrons. The SMILES string of the molecule is COc1ccc(C=NNc2cc(N3CCOCC3)ncn2)cc1. The number of aromatic nitrogens is 2. The van der Waals surface area contributed by atoms with Gasteiger partial charge in [-0.1, -0.05) is 0 Å². The summed E-state index contributed by atoms with van der Waals surface area (Å²) in [5, 5.41) is 4.20. The Kier molecular flexibility index (Phi) is 5.00. The molecule has 1 fully saturated rings. The van der Waals surface area contributed by atoms with Gasteiger partial charge in [0.2, 0.25) is 0 Å². The van der Waals surface area contributed by atoms with Gasteiger partial charge >= 0.3 is 0 Å². The second-order valence-electron chi connectivity index (χ2n) is 5.00. The number of benzene rings is 1. The zero-order chi connectivity index (χ0) is 15.9. The van der Waals surface area contributed by atoms with Gasteiger partial charge in [-0.3, -0.25) is 5.43 Å². The summed E-state index contributed by atoms with van der Waals surface area (Å²) < 4.78 is 10.5. The van der Waals surface area contributed by atoms with E-state index in [4.69, 9.17) is 9.47 Å². The van der Waals surface area contributed by atoms with E-state index in [0.29, 0.717) is 5.82 Å². The summed E-state index contributed by atoms with van der Waals surface area (Å²) >= 11 is 0. The van der Waals surface area contributed by atoms with Gasteiger partial charge in [0.25, 0.3) is 0 Å². The van der Waals surface area contributed by atoms with Crippen molar-refractivity contribution >= 4 is 17.9 Å². The van der Waals surface area contributed by atoms with Gasteiger partial charge in [-0.2, -0.15) is 5.10 Å². The molecule has 3 rings (SSSR count). The average molecular weight is 313 g/mol. The zero-order valence-electron chi connectivity index (χ0n) is 13.0. The first-order chi connectivity index (χ1) is 11.3. The predicted octanol–water partition coefficient (Wildman–Crippen LogP) is 1.77. The summed E-state index contributed by atoms with van der Waals surface area (Å²) in [5.74, 6) is 2.36. The fraction of sp³-hybridized carbons (Fsp3) is 0.312. The molecular formula is C16H19N5O2. The molecule has 2 heterocycles. The lowest BCUT2D eigenvalue weighted by atomic mass is 10.2. The number of nitrogens with zero attached hydrogens (tertiary/aromatic N) is 4. The van der Waals surface area contributed by atoms with Crippen LogP contribution < -0.4 is 15.1 Å². The molecule has 0 saturated carbocycles. The first-order valence-corrected chi connectivity index (χ1v) is 7.43. The third-order valence-corrected chi connectivity index (χ3v) is 3.50. The maximum Gasteiger partial charge on any atom is 0.151 e. The fourth-order valence-electron chi connectivity index (χ4n) is 2.24. The van der Waals surface area contributed by atoms with Crippen molar-refractivity contribution in [3.8, 4) is 5.75 Å². The van der Waals surface area contributed by atoms with Crippen molar-refractivity contribution in [2.75, 3.05) is 43.7 Å².